The van der Waals surface area contributed by atoms with Gasteiger partial charge >= 0.3 is 0 Å². The maximum absolute atomic E-state index is 4.42. The third-order valence-electron chi connectivity index (χ3n) is 3.85. The van der Waals surface area contributed by atoms with Crippen molar-refractivity contribution >= 4 is 27.4 Å². The molecule has 21 heavy (non-hydrogen) atoms. The third-order valence-corrected chi connectivity index (χ3v) is 4.68. The van der Waals surface area contributed by atoms with E-state index in [0.29, 0.717) is 6.04 Å². The number of aryl methyl sites for hydroxylation is 1. The fourth-order valence-electron chi connectivity index (χ4n) is 2.67. The van der Waals surface area contributed by atoms with E-state index < -0.39 is 0 Å². The molecule has 1 N–H and O–H groups in total. The van der Waals surface area contributed by atoms with E-state index >= 15 is 0 Å². The molecular weight excluding hydrogens is 328 g/mol. The van der Waals surface area contributed by atoms with Gasteiger partial charge < -0.3 is 10.2 Å². The Bertz CT molecular complexity index is 594. The number of hydrogen-bond acceptors (Lipinski definition) is 4. The summed E-state index contributed by atoms with van der Waals surface area (Å²) >= 11 is 3.44. The van der Waals surface area contributed by atoms with Crippen molar-refractivity contribution in [1.82, 2.24) is 9.97 Å². The molecule has 4 nitrogen and oxygen atoms in total. The summed E-state index contributed by atoms with van der Waals surface area (Å²) in [4.78, 5) is 11.1. The van der Waals surface area contributed by atoms with E-state index in [4.69, 9.17) is 0 Å². The summed E-state index contributed by atoms with van der Waals surface area (Å²) in [5, 5.41) is 3.59. The summed E-state index contributed by atoms with van der Waals surface area (Å²) in [5.41, 5.74) is 2.26. The Morgan fingerprint density at radius 3 is 2.71 bits per heavy atom. The van der Waals surface area contributed by atoms with Crippen LogP contribution in [-0.4, -0.2) is 29.1 Å². The molecule has 0 amide bonds. The Morgan fingerprint density at radius 2 is 2.05 bits per heavy atom. The van der Waals surface area contributed by atoms with Gasteiger partial charge in [0.1, 0.15) is 10.4 Å². The van der Waals surface area contributed by atoms with Crippen molar-refractivity contribution < 1.29 is 0 Å². The molecule has 110 valence electrons. The van der Waals surface area contributed by atoms with E-state index in [-0.39, 0.29) is 0 Å². The summed E-state index contributed by atoms with van der Waals surface area (Å²) in [6.07, 6.45) is 5.98. The molecular formula is C16H19BrN4. The molecule has 0 aliphatic carbocycles. The van der Waals surface area contributed by atoms with Gasteiger partial charge in [0.25, 0.3) is 0 Å². The summed E-state index contributed by atoms with van der Waals surface area (Å²) in [6, 6.07) is 8.73. The van der Waals surface area contributed by atoms with Crippen LogP contribution in [0.4, 0.5) is 11.5 Å². The molecule has 2 aromatic heterocycles. The van der Waals surface area contributed by atoms with Crippen molar-refractivity contribution in [3.63, 3.8) is 0 Å². The fraction of sp³-hybridized carbons (Fsp3) is 0.375. The Kier molecular flexibility index (Phi) is 4.39. The van der Waals surface area contributed by atoms with Crippen LogP contribution in [0.15, 0.2) is 41.3 Å². The number of hydrogen-bond donors (Lipinski definition) is 1. The largest absolute Gasteiger partial charge is 0.381 e. The van der Waals surface area contributed by atoms with Crippen molar-refractivity contribution in [1.29, 1.82) is 0 Å². The molecule has 0 bridgehead atoms. The minimum Gasteiger partial charge on any atom is -0.381 e. The SMILES string of the molecule is Cc1cc(NC2CCN(c3ccccn3)CC2)cnc1Br. The average molecular weight is 347 g/mol. The lowest BCUT2D eigenvalue weighted by molar-refractivity contribution is 0.523. The van der Waals surface area contributed by atoms with Gasteiger partial charge in [0, 0.05) is 25.3 Å². The Morgan fingerprint density at radius 1 is 1.24 bits per heavy atom. The van der Waals surface area contributed by atoms with Crippen LogP contribution in [0.1, 0.15) is 18.4 Å². The van der Waals surface area contributed by atoms with E-state index in [1.807, 2.05) is 24.5 Å². The maximum atomic E-state index is 4.42. The van der Waals surface area contributed by atoms with Gasteiger partial charge in [-0.1, -0.05) is 6.07 Å². The molecule has 3 rings (SSSR count). The number of nitrogens with zero attached hydrogens (tertiary/aromatic N) is 3. The van der Waals surface area contributed by atoms with Crippen LogP contribution >= 0.6 is 15.9 Å². The average Bonchev–Trinajstić information content (AvgIpc) is 2.53. The second-order valence-electron chi connectivity index (χ2n) is 5.43. The smallest absolute Gasteiger partial charge is 0.128 e. The quantitative estimate of drug-likeness (QED) is 0.861. The highest BCUT2D eigenvalue weighted by Gasteiger charge is 2.19. The molecule has 2 aromatic rings. The Balaban J connectivity index is 1.57. The second-order valence-corrected chi connectivity index (χ2v) is 6.18. The highest BCUT2D eigenvalue weighted by Crippen LogP contribution is 2.22. The zero-order valence-electron chi connectivity index (χ0n) is 12.1. The number of aromatic nitrogens is 2. The normalized spacial score (nSPS) is 16.0. The Hall–Kier alpha value is -1.62. The van der Waals surface area contributed by atoms with E-state index in [2.05, 4.69) is 55.2 Å². The molecule has 3 heterocycles. The first kappa shape index (κ1) is 14.3. The lowest BCUT2D eigenvalue weighted by atomic mass is 10.0. The van der Waals surface area contributed by atoms with Gasteiger partial charge in [-0.2, -0.15) is 0 Å². The molecule has 0 aromatic carbocycles. The van der Waals surface area contributed by atoms with E-state index in [9.17, 15) is 0 Å². The fourth-order valence-corrected chi connectivity index (χ4v) is 2.88. The monoisotopic (exact) mass is 346 g/mol. The molecule has 0 unspecified atom stereocenters. The van der Waals surface area contributed by atoms with Crippen LogP contribution in [0.3, 0.4) is 0 Å². The molecule has 5 heteroatoms. The predicted molar refractivity (Wildman–Crippen MR) is 89.8 cm³/mol. The van der Waals surface area contributed by atoms with Crippen molar-refractivity contribution in [2.45, 2.75) is 25.8 Å². The molecule has 0 atom stereocenters. The first-order chi connectivity index (χ1) is 10.2. The molecule has 1 aliphatic heterocycles. The van der Waals surface area contributed by atoms with Gasteiger partial charge in [-0.3, -0.25) is 0 Å². The lowest BCUT2D eigenvalue weighted by Gasteiger charge is -2.33. The molecule has 1 saturated heterocycles. The number of nitrogens with one attached hydrogen (secondary N) is 1. The molecule has 1 fully saturated rings. The first-order valence-corrected chi connectivity index (χ1v) is 8.06. The lowest BCUT2D eigenvalue weighted by Crippen LogP contribution is -2.39. The predicted octanol–water partition coefficient (Wildman–Crippen LogP) is 3.63. The van der Waals surface area contributed by atoms with Gasteiger partial charge in [0.15, 0.2) is 0 Å². The van der Waals surface area contributed by atoms with Crippen molar-refractivity contribution in [3.05, 3.63) is 46.8 Å². The number of piperidine rings is 1. The maximum Gasteiger partial charge on any atom is 0.128 e. The van der Waals surface area contributed by atoms with Crippen molar-refractivity contribution in [2.24, 2.45) is 0 Å². The molecule has 0 saturated carbocycles. The summed E-state index contributed by atoms with van der Waals surface area (Å²) in [5.74, 6) is 1.08. The first-order valence-electron chi connectivity index (χ1n) is 7.27. The van der Waals surface area contributed by atoms with Gasteiger partial charge in [0.05, 0.1) is 11.9 Å². The van der Waals surface area contributed by atoms with Gasteiger partial charge in [0.2, 0.25) is 0 Å². The van der Waals surface area contributed by atoms with Crippen LogP contribution in [0.2, 0.25) is 0 Å². The van der Waals surface area contributed by atoms with Crippen LogP contribution in [0.25, 0.3) is 0 Å². The van der Waals surface area contributed by atoms with Crippen LogP contribution in [-0.2, 0) is 0 Å². The van der Waals surface area contributed by atoms with Crippen molar-refractivity contribution in [2.75, 3.05) is 23.3 Å². The van der Waals surface area contributed by atoms with E-state index in [1.165, 1.54) is 0 Å². The molecule has 0 spiro atoms. The van der Waals surface area contributed by atoms with Gasteiger partial charge in [-0.15, -0.1) is 0 Å². The van der Waals surface area contributed by atoms with Crippen LogP contribution in [0, 0.1) is 6.92 Å². The summed E-state index contributed by atoms with van der Waals surface area (Å²) < 4.78 is 0.915. The van der Waals surface area contributed by atoms with E-state index in [1.54, 1.807) is 0 Å². The topological polar surface area (TPSA) is 41.0 Å². The number of rotatable bonds is 3. The standard InChI is InChI=1S/C16H19BrN4/c1-12-10-14(11-19-16(12)17)20-13-5-8-21(9-6-13)15-4-2-3-7-18-15/h2-4,7,10-11,13,20H,5-6,8-9H2,1H3. The van der Waals surface area contributed by atoms with Gasteiger partial charge in [-0.05, 0) is 59.5 Å². The third kappa shape index (κ3) is 3.53. The number of anilines is 2. The molecule has 0 radical (unpaired) electrons. The zero-order valence-corrected chi connectivity index (χ0v) is 13.7. The number of halogens is 1. The minimum absolute atomic E-state index is 0.507. The summed E-state index contributed by atoms with van der Waals surface area (Å²) in [7, 11) is 0. The van der Waals surface area contributed by atoms with Crippen molar-refractivity contribution in [3.8, 4) is 0 Å². The van der Waals surface area contributed by atoms with Crippen LogP contribution < -0.4 is 10.2 Å². The highest BCUT2D eigenvalue weighted by atomic mass is 79.9. The van der Waals surface area contributed by atoms with Gasteiger partial charge in [-0.25, -0.2) is 9.97 Å². The van der Waals surface area contributed by atoms with Crippen LogP contribution in [0.5, 0.6) is 0 Å². The minimum atomic E-state index is 0.507. The zero-order chi connectivity index (χ0) is 14.7. The second kappa shape index (κ2) is 6.43. The Labute approximate surface area is 133 Å². The highest BCUT2D eigenvalue weighted by molar-refractivity contribution is 9.10. The van der Waals surface area contributed by atoms with E-state index in [0.717, 1.165) is 47.6 Å². The number of pyridine rings is 2. The summed E-state index contributed by atoms with van der Waals surface area (Å²) in [6.45, 7) is 4.14. The molecule has 1 aliphatic rings.